The Balaban J connectivity index is 3.15. The predicted molar refractivity (Wildman–Crippen MR) is 45.6 cm³/mol. The quantitative estimate of drug-likeness (QED) is 0.698. The maximum absolute atomic E-state index is 12.7. The van der Waals surface area contributed by atoms with Crippen LogP contribution in [0.4, 0.5) is 4.39 Å². The molecule has 1 aromatic rings. The van der Waals surface area contributed by atoms with Crippen molar-refractivity contribution < 1.29 is 13.9 Å². The summed E-state index contributed by atoms with van der Waals surface area (Å²) in [7, 11) is 1.24. The predicted octanol–water partition coefficient (Wildman–Crippen LogP) is 1.07. The smallest absolute Gasteiger partial charge is 0.338 e. The first-order valence-electron chi connectivity index (χ1n) is 3.76. The first-order valence-corrected chi connectivity index (χ1v) is 3.76. The summed E-state index contributed by atoms with van der Waals surface area (Å²) in [6.07, 6.45) is 0. The van der Waals surface area contributed by atoms with E-state index in [4.69, 9.17) is 5.73 Å². The summed E-state index contributed by atoms with van der Waals surface area (Å²) in [5.74, 6) is -1.04. The van der Waals surface area contributed by atoms with Crippen molar-refractivity contribution in [2.75, 3.05) is 7.11 Å². The number of benzene rings is 1. The van der Waals surface area contributed by atoms with Crippen LogP contribution in [0, 0.1) is 5.82 Å². The van der Waals surface area contributed by atoms with Gasteiger partial charge in [0.25, 0.3) is 0 Å². The molecule has 0 aromatic heterocycles. The van der Waals surface area contributed by atoms with E-state index in [1.165, 1.54) is 19.2 Å². The van der Waals surface area contributed by atoms with Crippen molar-refractivity contribution in [2.45, 2.75) is 6.54 Å². The molecule has 0 saturated heterocycles. The fourth-order valence-corrected chi connectivity index (χ4v) is 1.03. The van der Waals surface area contributed by atoms with Crippen LogP contribution in [0.5, 0.6) is 0 Å². The number of rotatable bonds is 2. The van der Waals surface area contributed by atoms with Gasteiger partial charge >= 0.3 is 5.97 Å². The third kappa shape index (κ3) is 2.03. The second kappa shape index (κ2) is 4.00. The van der Waals surface area contributed by atoms with Gasteiger partial charge in [-0.2, -0.15) is 0 Å². The lowest BCUT2D eigenvalue weighted by Gasteiger charge is -2.04. The minimum absolute atomic E-state index is 0.185. The average molecular weight is 183 g/mol. The number of halogens is 1. The lowest BCUT2D eigenvalue weighted by atomic mass is 10.1. The Labute approximate surface area is 75.3 Å². The van der Waals surface area contributed by atoms with Gasteiger partial charge in [0.15, 0.2) is 0 Å². The number of nitrogens with two attached hydrogens (primary N) is 1. The highest BCUT2D eigenvalue weighted by Gasteiger charge is 2.11. The van der Waals surface area contributed by atoms with Gasteiger partial charge in [0, 0.05) is 6.54 Å². The minimum Gasteiger partial charge on any atom is -0.465 e. The average Bonchev–Trinajstić information content (AvgIpc) is 2.16. The van der Waals surface area contributed by atoms with Crippen molar-refractivity contribution in [1.29, 1.82) is 0 Å². The van der Waals surface area contributed by atoms with Gasteiger partial charge in [0.05, 0.1) is 12.7 Å². The molecule has 0 radical (unpaired) electrons. The van der Waals surface area contributed by atoms with Crippen molar-refractivity contribution in [3.8, 4) is 0 Å². The molecule has 3 nitrogen and oxygen atoms in total. The number of hydrogen-bond acceptors (Lipinski definition) is 3. The summed E-state index contributed by atoms with van der Waals surface area (Å²) in [6.45, 7) is 0.185. The standard InChI is InChI=1S/C9H10FNO2/c1-13-9(12)8-4-7(10)3-2-6(8)5-11/h2-4H,5,11H2,1H3. The van der Waals surface area contributed by atoms with Gasteiger partial charge in [-0.1, -0.05) is 6.07 Å². The van der Waals surface area contributed by atoms with E-state index in [0.29, 0.717) is 5.56 Å². The molecule has 0 spiro atoms. The van der Waals surface area contributed by atoms with Gasteiger partial charge in [0.2, 0.25) is 0 Å². The molecule has 0 atom stereocenters. The van der Waals surface area contributed by atoms with Crippen molar-refractivity contribution in [3.63, 3.8) is 0 Å². The fraction of sp³-hybridized carbons (Fsp3) is 0.222. The van der Waals surface area contributed by atoms with E-state index in [1.54, 1.807) is 0 Å². The Morgan fingerprint density at radius 1 is 1.62 bits per heavy atom. The normalized spacial score (nSPS) is 9.77. The van der Waals surface area contributed by atoms with Gasteiger partial charge in [0.1, 0.15) is 5.82 Å². The van der Waals surface area contributed by atoms with E-state index < -0.39 is 11.8 Å². The summed E-state index contributed by atoms with van der Waals surface area (Å²) >= 11 is 0. The van der Waals surface area contributed by atoms with E-state index in [2.05, 4.69) is 4.74 Å². The van der Waals surface area contributed by atoms with Crippen molar-refractivity contribution in [1.82, 2.24) is 0 Å². The molecule has 0 fully saturated rings. The highest BCUT2D eigenvalue weighted by Crippen LogP contribution is 2.11. The maximum Gasteiger partial charge on any atom is 0.338 e. The lowest BCUT2D eigenvalue weighted by molar-refractivity contribution is 0.0599. The summed E-state index contributed by atoms with van der Waals surface area (Å²) in [6, 6.07) is 3.85. The Morgan fingerprint density at radius 3 is 2.85 bits per heavy atom. The summed E-state index contributed by atoms with van der Waals surface area (Å²) in [5.41, 5.74) is 6.13. The summed E-state index contributed by atoms with van der Waals surface area (Å²) in [5, 5.41) is 0. The van der Waals surface area contributed by atoms with Gasteiger partial charge in [-0.15, -0.1) is 0 Å². The molecule has 0 amide bonds. The van der Waals surface area contributed by atoms with Gasteiger partial charge in [-0.3, -0.25) is 0 Å². The fourth-order valence-electron chi connectivity index (χ4n) is 1.03. The molecule has 4 heteroatoms. The second-order valence-electron chi connectivity index (χ2n) is 2.50. The lowest BCUT2D eigenvalue weighted by Crippen LogP contribution is -2.09. The number of methoxy groups -OCH3 is 1. The summed E-state index contributed by atoms with van der Waals surface area (Å²) in [4.78, 5) is 11.1. The minimum atomic E-state index is -0.569. The molecule has 0 heterocycles. The molecule has 0 aliphatic rings. The Kier molecular flexibility index (Phi) is 2.97. The monoisotopic (exact) mass is 183 g/mol. The van der Waals surface area contributed by atoms with Crippen LogP contribution >= 0.6 is 0 Å². The van der Waals surface area contributed by atoms with Crippen LogP contribution in [0.15, 0.2) is 18.2 Å². The highest BCUT2D eigenvalue weighted by molar-refractivity contribution is 5.90. The molecule has 0 bridgehead atoms. The van der Waals surface area contributed by atoms with Crippen LogP contribution in [-0.2, 0) is 11.3 Å². The van der Waals surface area contributed by atoms with E-state index in [1.807, 2.05) is 0 Å². The van der Waals surface area contributed by atoms with Gasteiger partial charge < -0.3 is 10.5 Å². The number of hydrogen-bond donors (Lipinski definition) is 1. The Hall–Kier alpha value is -1.42. The number of ether oxygens (including phenoxy) is 1. The zero-order valence-electron chi connectivity index (χ0n) is 7.21. The molecule has 0 saturated carbocycles. The summed E-state index contributed by atoms with van der Waals surface area (Å²) < 4.78 is 17.2. The second-order valence-corrected chi connectivity index (χ2v) is 2.50. The van der Waals surface area contributed by atoms with E-state index in [-0.39, 0.29) is 12.1 Å². The number of carbonyl (C=O) groups excluding carboxylic acids is 1. The van der Waals surface area contributed by atoms with Crippen LogP contribution in [0.25, 0.3) is 0 Å². The van der Waals surface area contributed by atoms with Crippen molar-refractivity contribution in [2.24, 2.45) is 5.73 Å². The third-order valence-corrected chi connectivity index (χ3v) is 1.70. The van der Waals surface area contributed by atoms with Crippen molar-refractivity contribution in [3.05, 3.63) is 35.1 Å². The molecule has 1 aromatic carbocycles. The molecule has 2 N–H and O–H groups in total. The van der Waals surface area contributed by atoms with Crippen LogP contribution < -0.4 is 5.73 Å². The molecular weight excluding hydrogens is 173 g/mol. The Bertz CT molecular complexity index is 325. The van der Waals surface area contributed by atoms with Crippen LogP contribution in [0.2, 0.25) is 0 Å². The van der Waals surface area contributed by atoms with Crippen molar-refractivity contribution >= 4 is 5.97 Å². The topological polar surface area (TPSA) is 52.3 Å². The Morgan fingerprint density at radius 2 is 2.31 bits per heavy atom. The maximum atomic E-state index is 12.7. The number of esters is 1. The molecule has 0 aliphatic carbocycles. The number of carbonyl (C=O) groups is 1. The highest BCUT2D eigenvalue weighted by atomic mass is 19.1. The van der Waals surface area contributed by atoms with Crippen LogP contribution in [0.3, 0.4) is 0 Å². The van der Waals surface area contributed by atoms with E-state index in [0.717, 1.165) is 6.07 Å². The molecule has 0 unspecified atom stereocenters. The zero-order valence-corrected chi connectivity index (χ0v) is 7.21. The first kappa shape index (κ1) is 9.67. The molecule has 13 heavy (non-hydrogen) atoms. The SMILES string of the molecule is COC(=O)c1cc(F)ccc1CN. The molecule has 0 aliphatic heterocycles. The molecule has 70 valence electrons. The molecular formula is C9H10FNO2. The van der Waals surface area contributed by atoms with E-state index >= 15 is 0 Å². The van der Waals surface area contributed by atoms with E-state index in [9.17, 15) is 9.18 Å². The molecule has 1 rings (SSSR count). The van der Waals surface area contributed by atoms with Gasteiger partial charge in [-0.05, 0) is 17.7 Å². The zero-order chi connectivity index (χ0) is 9.84. The van der Waals surface area contributed by atoms with Gasteiger partial charge in [-0.25, -0.2) is 9.18 Å². The van der Waals surface area contributed by atoms with Crippen LogP contribution in [0.1, 0.15) is 15.9 Å². The van der Waals surface area contributed by atoms with Crippen LogP contribution in [-0.4, -0.2) is 13.1 Å². The first-order chi connectivity index (χ1) is 6.19. The third-order valence-electron chi connectivity index (χ3n) is 1.70. The largest absolute Gasteiger partial charge is 0.465 e.